The molecule has 0 bridgehead atoms. The topological polar surface area (TPSA) is 108 Å². The first-order valence-electron chi connectivity index (χ1n) is 10.0. The summed E-state index contributed by atoms with van der Waals surface area (Å²) in [5.74, 6) is -1.46. The van der Waals surface area contributed by atoms with Crippen LogP contribution in [0, 0.1) is 11.6 Å². The zero-order valence-electron chi connectivity index (χ0n) is 17.2. The van der Waals surface area contributed by atoms with Gasteiger partial charge in [0.05, 0.1) is 0 Å². The number of aromatic amines is 1. The molecule has 0 spiro atoms. The molecular formula is C20H26ClF2N5O3. The van der Waals surface area contributed by atoms with Crippen molar-refractivity contribution < 1.29 is 23.1 Å². The lowest BCUT2D eigenvalue weighted by Crippen LogP contribution is -2.30. The van der Waals surface area contributed by atoms with Gasteiger partial charge in [0, 0.05) is 31.3 Å². The van der Waals surface area contributed by atoms with E-state index < -0.39 is 17.7 Å². The number of amides is 2. The molecule has 0 aliphatic heterocycles. The molecule has 0 atom stereocenters. The van der Waals surface area contributed by atoms with Crippen molar-refractivity contribution in [3.8, 4) is 0 Å². The highest BCUT2D eigenvalue weighted by molar-refractivity contribution is 6.28. The van der Waals surface area contributed by atoms with Crippen LogP contribution in [-0.2, 0) is 11.3 Å². The molecule has 2 amide bonds. The van der Waals surface area contributed by atoms with Crippen molar-refractivity contribution in [2.24, 2.45) is 0 Å². The summed E-state index contributed by atoms with van der Waals surface area (Å²) in [5, 5.41) is 8.41. The minimum Gasteiger partial charge on any atom is -0.445 e. The van der Waals surface area contributed by atoms with Gasteiger partial charge >= 0.3 is 6.09 Å². The Hall–Kier alpha value is -2.88. The number of imidazole rings is 1. The van der Waals surface area contributed by atoms with E-state index in [9.17, 15) is 18.4 Å². The minimum atomic E-state index is -0.784. The van der Waals surface area contributed by atoms with E-state index in [1.807, 2.05) is 0 Å². The summed E-state index contributed by atoms with van der Waals surface area (Å²) in [5.41, 5.74) is 0.316. The number of aromatic nitrogens is 2. The van der Waals surface area contributed by atoms with Gasteiger partial charge in [0.1, 0.15) is 23.9 Å². The summed E-state index contributed by atoms with van der Waals surface area (Å²) >= 11 is 5.87. The Kier molecular flexibility index (Phi) is 10.0. The average Bonchev–Trinajstić information content (AvgIpc) is 3.10. The number of nitrogens with one attached hydrogen (secondary N) is 4. The Labute approximate surface area is 184 Å². The van der Waals surface area contributed by atoms with Gasteiger partial charge in [0.15, 0.2) is 5.82 Å². The van der Waals surface area contributed by atoms with Crippen LogP contribution in [-0.4, -0.2) is 41.6 Å². The van der Waals surface area contributed by atoms with Crippen molar-refractivity contribution in [2.45, 2.75) is 39.2 Å². The highest BCUT2D eigenvalue weighted by Gasteiger charge is 2.16. The second-order valence-corrected chi connectivity index (χ2v) is 7.09. The SMILES string of the molecule is CCCCCNc1nc(Cl)[nH]c1C(=O)NCCCNC(=O)OCc1ccc(F)cc1F. The van der Waals surface area contributed by atoms with Gasteiger partial charge in [-0.2, -0.15) is 0 Å². The van der Waals surface area contributed by atoms with Gasteiger partial charge in [-0.05, 0) is 36.6 Å². The zero-order chi connectivity index (χ0) is 22.6. The summed E-state index contributed by atoms with van der Waals surface area (Å²) in [6.45, 7) is 2.99. The van der Waals surface area contributed by atoms with Crippen LogP contribution < -0.4 is 16.0 Å². The third kappa shape index (κ3) is 8.41. The smallest absolute Gasteiger partial charge is 0.407 e. The third-order valence-corrected chi connectivity index (χ3v) is 4.44. The number of alkyl carbamates (subject to hydrolysis) is 1. The molecule has 1 heterocycles. The molecular weight excluding hydrogens is 432 g/mol. The highest BCUT2D eigenvalue weighted by Crippen LogP contribution is 2.16. The first-order chi connectivity index (χ1) is 14.9. The number of nitrogens with zero attached hydrogens (tertiary/aromatic N) is 1. The number of unbranched alkanes of at least 4 members (excludes halogenated alkanes) is 2. The molecule has 0 fully saturated rings. The number of H-pyrrole nitrogens is 1. The minimum absolute atomic E-state index is 0.0705. The molecule has 1 aromatic carbocycles. The van der Waals surface area contributed by atoms with Gasteiger partial charge in [0.25, 0.3) is 5.91 Å². The average molecular weight is 458 g/mol. The largest absolute Gasteiger partial charge is 0.445 e. The maximum absolute atomic E-state index is 13.5. The van der Waals surface area contributed by atoms with Gasteiger partial charge in [0.2, 0.25) is 5.28 Å². The number of halogens is 3. The van der Waals surface area contributed by atoms with Gasteiger partial charge in [-0.3, -0.25) is 4.79 Å². The van der Waals surface area contributed by atoms with Crippen molar-refractivity contribution in [1.82, 2.24) is 20.6 Å². The van der Waals surface area contributed by atoms with Crippen LogP contribution >= 0.6 is 11.6 Å². The predicted octanol–water partition coefficient (Wildman–Crippen LogP) is 3.99. The molecule has 31 heavy (non-hydrogen) atoms. The first-order valence-corrected chi connectivity index (χ1v) is 10.4. The molecule has 0 aliphatic carbocycles. The van der Waals surface area contributed by atoms with Crippen molar-refractivity contribution in [1.29, 1.82) is 0 Å². The number of ether oxygens (including phenoxy) is 1. The molecule has 8 nitrogen and oxygen atoms in total. The lowest BCUT2D eigenvalue weighted by Gasteiger charge is -2.09. The van der Waals surface area contributed by atoms with E-state index in [2.05, 4.69) is 32.8 Å². The van der Waals surface area contributed by atoms with Crippen molar-refractivity contribution >= 4 is 29.4 Å². The summed E-state index contributed by atoms with van der Waals surface area (Å²) in [4.78, 5) is 30.8. The molecule has 1 aromatic heterocycles. The van der Waals surface area contributed by atoms with E-state index in [-0.39, 0.29) is 42.1 Å². The summed E-state index contributed by atoms with van der Waals surface area (Å²) in [7, 11) is 0. The van der Waals surface area contributed by atoms with Crippen LogP contribution in [0.25, 0.3) is 0 Å². The number of carbonyl (C=O) groups is 2. The monoisotopic (exact) mass is 457 g/mol. The van der Waals surface area contributed by atoms with Crippen LogP contribution in [0.2, 0.25) is 5.28 Å². The fourth-order valence-corrected chi connectivity index (χ4v) is 2.80. The molecule has 0 aliphatic rings. The standard InChI is InChI=1S/C20H26ClF2N5O3/c1-2-3-4-8-24-17-16(27-19(21)28-17)18(29)25-9-5-10-26-20(30)31-12-13-6-7-14(22)11-15(13)23/h6-7,11,24H,2-5,8-10,12H2,1H3,(H,25,29)(H,26,30)(H,27,28). The quantitative estimate of drug-likeness (QED) is 0.360. The van der Waals surface area contributed by atoms with Crippen LogP contribution in [0.1, 0.15) is 48.7 Å². The normalized spacial score (nSPS) is 10.6. The van der Waals surface area contributed by atoms with Crippen molar-refractivity contribution in [3.63, 3.8) is 0 Å². The summed E-state index contributed by atoms with van der Waals surface area (Å²) in [6, 6.07) is 3.02. The second-order valence-electron chi connectivity index (χ2n) is 6.73. The molecule has 0 radical (unpaired) electrons. The molecule has 2 aromatic rings. The van der Waals surface area contributed by atoms with Crippen LogP contribution in [0.3, 0.4) is 0 Å². The Morgan fingerprint density at radius 1 is 1.13 bits per heavy atom. The van der Waals surface area contributed by atoms with Gasteiger partial charge in [-0.25, -0.2) is 18.6 Å². The number of hydrogen-bond donors (Lipinski definition) is 4. The number of rotatable bonds is 12. The fourth-order valence-electron chi connectivity index (χ4n) is 2.62. The van der Waals surface area contributed by atoms with Crippen LogP contribution in [0.5, 0.6) is 0 Å². The van der Waals surface area contributed by atoms with E-state index in [0.717, 1.165) is 31.4 Å². The molecule has 170 valence electrons. The van der Waals surface area contributed by atoms with Gasteiger partial charge in [-0.1, -0.05) is 19.8 Å². The van der Waals surface area contributed by atoms with Gasteiger partial charge < -0.3 is 25.7 Å². The molecule has 2 rings (SSSR count). The Balaban J connectivity index is 1.66. The van der Waals surface area contributed by atoms with E-state index >= 15 is 0 Å². The van der Waals surface area contributed by atoms with Crippen LogP contribution in [0.15, 0.2) is 18.2 Å². The lowest BCUT2D eigenvalue weighted by atomic mass is 10.2. The number of hydrogen-bond acceptors (Lipinski definition) is 5. The van der Waals surface area contributed by atoms with E-state index in [4.69, 9.17) is 16.3 Å². The maximum Gasteiger partial charge on any atom is 0.407 e. The molecule has 4 N–H and O–H groups in total. The number of benzene rings is 1. The predicted molar refractivity (Wildman–Crippen MR) is 113 cm³/mol. The van der Waals surface area contributed by atoms with E-state index in [1.165, 1.54) is 6.07 Å². The van der Waals surface area contributed by atoms with E-state index in [0.29, 0.717) is 18.8 Å². The summed E-state index contributed by atoms with van der Waals surface area (Å²) < 4.78 is 31.2. The second kappa shape index (κ2) is 12.7. The first kappa shape index (κ1) is 24.4. The van der Waals surface area contributed by atoms with E-state index in [1.54, 1.807) is 0 Å². The van der Waals surface area contributed by atoms with Crippen molar-refractivity contribution in [3.05, 3.63) is 46.4 Å². The maximum atomic E-state index is 13.5. The number of anilines is 1. The highest BCUT2D eigenvalue weighted by atomic mass is 35.5. The zero-order valence-corrected chi connectivity index (χ0v) is 18.0. The Morgan fingerprint density at radius 3 is 2.65 bits per heavy atom. The Bertz CT molecular complexity index is 878. The Morgan fingerprint density at radius 2 is 1.90 bits per heavy atom. The molecule has 11 heteroatoms. The lowest BCUT2D eigenvalue weighted by molar-refractivity contribution is 0.0949. The summed E-state index contributed by atoms with van der Waals surface area (Å²) in [6.07, 6.45) is 2.81. The van der Waals surface area contributed by atoms with Crippen molar-refractivity contribution in [2.75, 3.05) is 25.0 Å². The third-order valence-electron chi connectivity index (χ3n) is 4.26. The van der Waals surface area contributed by atoms with Gasteiger partial charge in [-0.15, -0.1) is 0 Å². The molecule has 0 saturated carbocycles. The van der Waals surface area contributed by atoms with Crippen LogP contribution in [0.4, 0.5) is 19.4 Å². The molecule has 0 saturated heterocycles. The molecule has 0 unspecified atom stereocenters. The fraction of sp³-hybridized carbons (Fsp3) is 0.450. The number of carbonyl (C=O) groups excluding carboxylic acids is 2.